The van der Waals surface area contributed by atoms with Crippen molar-refractivity contribution in [1.29, 1.82) is 0 Å². The molecule has 18 heavy (non-hydrogen) atoms. The molecule has 0 fully saturated rings. The van der Waals surface area contributed by atoms with Crippen molar-refractivity contribution in [3.05, 3.63) is 35.4 Å². The minimum absolute atomic E-state index is 0.162. The first-order valence-electron chi connectivity index (χ1n) is 6.15. The summed E-state index contributed by atoms with van der Waals surface area (Å²) in [5.41, 5.74) is 0.546. The summed E-state index contributed by atoms with van der Waals surface area (Å²) in [6, 6.07) is 5.74. The fourth-order valence-corrected chi connectivity index (χ4v) is 1.53. The molecule has 0 atom stereocenters. The molecule has 0 unspecified atom stereocenters. The number of hydrogen-bond donors (Lipinski definition) is 1. The number of unbranched alkanes of at least 4 members (excludes halogenated alkanes) is 3. The maximum absolute atomic E-state index is 11.6. The number of carbonyl (C=O) groups is 2. The molecule has 0 saturated carbocycles. The second-order valence-electron chi connectivity index (χ2n) is 4.08. The van der Waals surface area contributed by atoms with Gasteiger partial charge in [0, 0.05) is 0 Å². The Bertz CT molecular complexity index is 395. The van der Waals surface area contributed by atoms with Crippen LogP contribution in [-0.2, 0) is 4.74 Å². The molecule has 0 amide bonds. The Morgan fingerprint density at radius 3 is 2.22 bits per heavy atom. The van der Waals surface area contributed by atoms with E-state index in [2.05, 4.69) is 6.92 Å². The Labute approximate surface area is 107 Å². The zero-order valence-electron chi connectivity index (χ0n) is 10.5. The van der Waals surface area contributed by atoms with Crippen molar-refractivity contribution in [2.75, 3.05) is 6.61 Å². The van der Waals surface area contributed by atoms with Crippen molar-refractivity contribution in [3.63, 3.8) is 0 Å². The molecule has 0 aliphatic heterocycles. The summed E-state index contributed by atoms with van der Waals surface area (Å²) >= 11 is 0. The summed E-state index contributed by atoms with van der Waals surface area (Å²) in [5, 5.41) is 8.72. The quantitative estimate of drug-likeness (QED) is 0.596. The lowest BCUT2D eigenvalue weighted by atomic mass is 10.1. The summed E-state index contributed by atoms with van der Waals surface area (Å²) in [6.45, 7) is 2.54. The van der Waals surface area contributed by atoms with Crippen LogP contribution in [0.15, 0.2) is 24.3 Å². The monoisotopic (exact) mass is 250 g/mol. The Hall–Kier alpha value is -1.84. The average Bonchev–Trinajstić information content (AvgIpc) is 2.38. The van der Waals surface area contributed by atoms with Crippen LogP contribution in [0.2, 0.25) is 0 Å². The van der Waals surface area contributed by atoms with Gasteiger partial charge in [-0.2, -0.15) is 0 Å². The first-order chi connectivity index (χ1) is 8.65. The van der Waals surface area contributed by atoms with Gasteiger partial charge in [-0.1, -0.05) is 26.2 Å². The van der Waals surface area contributed by atoms with Crippen LogP contribution in [0, 0.1) is 0 Å². The number of esters is 1. The molecule has 1 aromatic carbocycles. The van der Waals surface area contributed by atoms with Gasteiger partial charge in [-0.25, -0.2) is 9.59 Å². The van der Waals surface area contributed by atoms with Crippen LogP contribution in [0.5, 0.6) is 0 Å². The van der Waals surface area contributed by atoms with Crippen LogP contribution in [0.4, 0.5) is 0 Å². The zero-order chi connectivity index (χ0) is 13.4. The molecule has 1 N–H and O–H groups in total. The molecule has 0 aliphatic carbocycles. The van der Waals surface area contributed by atoms with E-state index in [1.54, 1.807) is 0 Å². The van der Waals surface area contributed by atoms with Gasteiger partial charge < -0.3 is 9.84 Å². The Balaban J connectivity index is 2.39. The summed E-state index contributed by atoms with van der Waals surface area (Å²) in [5.74, 6) is -1.40. The normalized spacial score (nSPS) is 10.1. The molecule has 1 aromatic rings. The predicted octanol–water partition coefficient (Wildman–Crippen LogP) is 3.12. The topological polar surface area (TPSA) is 63.6 Å². The third kappa shape index (κ3) is 4.57. The van der Waals surface area contributed by atoms with Crippen molar-refractivity contribution in [2.45, 2.75) is 32.6 Å². The van der Waals surface area contributed by atoms with E-state index < -0.39 is 11.9 Å². The SMILES string of the molecule is CCCCCCOC(=O)c1ccc(C(=O)O)cc1. The standard InChI is InChI=1S/C14H18O4/c1-2-3-4-5-10-18-14(17)12-8-6-11(7-9-12)13(15)16/h6-9H,2-5,10H2,1H3,(H,15,16). The van der Waals surface area contributed by atoms with Crippen molar-refractivity contribution in [3.8, 4) is 0 Å². The lowest BCUT2D eigenvalue weighted by Gasteiger charge is -2.04. The van der Waals surface area contributed by atoms with Crippen LogP contribution in [0.3, 0.4) is 0 Å². The maximum Gasteiger partial charge on any atom is 0.338 e. The number of carboxylic acids is 1. The molecule has 98 valence electrons. The Morgan fingerprint density at radius 2 is 1.67 bits per heavy atom. The average molecular weight is 250 g/mol. The molecule has 4 heteroatoms. The van der Waals surface area contributed by atoms with E-state index in [1.807, 2.05) is 0 Å². The van der Waals surface area contributed by atoms with Gasteiger partial charge in [0.05, 0.1) is 17.7 Å². The first kappa shape index (κ1) is 14.2. The van der Waals surface area contributed by atoms with E-state index in [9.17, 15) is 9.59 Å². The summed E-state index contributed by atoms with van der Waals surface area (Å²) in [4.78, 5) is 22.2. The van der Waals surface area contributed by atoms with Crippen molar-refractivity contribution >= 4 is 11.9 Å². The van der Waals surface area contributed by atoms with Gasteiger partial charge in [-0.3, -0.25) is 0 Å². The molecular formula is C14H18O4. The highest BCUT2D eigenvalue weighted by Crippen LogP contribution is 2.07. The predicted molar refractivity (Wildman–Crippen MR) is 67.8 cm³/mol. The van der Waals surface area contributed by atoms with E-state index in [1.165, 1.54) is 24.3 Å². The fraction of sp³-hybridized carbons (Fsp3) is 0.429. The first-order valence-corrected chi connectivity index (χ1v) is 6.15. The van der Waals surface area contributed by atoms with E-state index >= 15 is 0 Å². The van der Waals surface area contributed by atoms with E-state index in [0.29, 0.717) is 12.2 Å². The highest BCUT2D eigenvalue weighted by atomic mass is 16.5. The second kappa shape index (κ2) is 7.48. The number of ether oxygens (including phenoxy) is 1. The third-order valence-electron chi connectivity index (χ3n) is 2.60. The van der Waals surface area contributed by atoms with Gasteiger partial charge in [0.15, 0.2) is 0 Å². The molecule has 0 heterocycles. The molecule has 4 nitrogen and oxygen atoms in total. The number of carboxylic acid groups (broad SMARTS) is 1. The van der Waals surface area contributed by atoms with Gasteiger partial charge in [0.2, 0.25) is 0 Å². The molecule has 0 bridgehead atoms. The number of hydrogen-bond acceptors (Lipinski definition) is 3. The summed E-state index contributed by atoms with van der Waals surface area (Å²) in [6.07, 6.45) is 4.21. The van der Waals surface area contributed by atoms with E-state index in [4.69, 9.17) is 9.84 Å². The summed E-state index contributed by atoms with van der Waals surface area (Å²) < 4.78 is 5.09. The van der Waals surface area contributed by atoms with Crippen molar-refractivity contribution in [2.24, 2.45) is 0 Å². The van der Waals surface area contributed by atoms with E-state index in [0.717, 1.165) is 25.7 Å². The molecule has 0 saturated heterocycles. The molecule has 0 aliphatic rings. The zero-order valence-corrected chi connectivity index (χ0v) is 10.5. The third-order valence-corrected chi connectivity index (χ3v) is 2.60. The number of rotatable bonds is 7. The van der Waals surface area contributed by atoms with Gasteiger partial charge in [-0.15, -0.1) is 0 Å². The van der Waals surface area contributed by atoms with Crippen LogP contribution in [0.25, 0.3) is 0 Å². The highest BCUT2D eigenvalue weighted by molar-refractivity contribution is 5.92. The minimum Gasteiger partial charge on any atom is -0.478 e. The van der Waals surface area contributed by atoms with Crippen molar-refractivity contribution in [1.82, 2.24) is 0 Å². The minimum atomic E-state index is -1.01. The van der Waals surface area contributed by atoms with Crippen molar-refractivity contribution < 1.29 is 19.4 Å². The largest absolute Gasteiger partial charge is 0.478 e. The second-order valence-corrected chi connectivity index (χ2v) is 4.08. The van der Waals surface area contributed by atoms with Crippen LogP contribution in [-0.4, -0.2) is 23.7 Å². The van der Waals surface area contributed by atoms with Gasteiger partial charge in [-0.05, 0) is 30.7 Å². The summed E-state index contributed by atoms with van der Waals surface area (Å²) in [7, 11) is 0. The molecule has 0 aromatic heterocycles. The molecule has 0 radical (unpaired) electrons. The number of benzene rings is 1. The van der Waals surface area contributed by atoms with Crippen LogP contribution in [0.1, 0.15) is 53.3 Å². The lowest BCUT2D eigenvalue weighted by Crippen LogP contribution is -2.07. The van der Waals surface area contributed by atoms with Crippen LogP contribution >= 0.6 is 0 Å². The van der Waals surface area contributed by atoms with Gasteiger partial charge in [0.25, 0.3) is 0 Å². The molecule has 1 rings (SSSR count). The number of aromatic carboxylic acids is 1. The van der Waals surface area contributed by atoms with Gasteiger partial charge in [0.1, 0.15) is 0 Å². The Kier molecular flexibility index (Phi) is 5.91. The maximum atomic E-state index is 11.6. The smallest absolute Gasteiger partial charge is 0.338 e. The number of carbonyl (C=O) groups excluding carboxylic acids is 1. The van der Waals surface area contributed by atoms with Crippen LogP contribution < -0.4 is 0 Å². The van der Waals surface area contributed by atoms with E-state index in [-0.39, 0.29) is 5.56 Å². The lowest BCUT2D eigenvalue weighted by molar-refractivity contribution is 0.0496. The highest BCUT2D eigenvalue weighted by Gasteiger charge is 2.08. The Morgan fingerprint density at radius 1 is 1.06 bits per heavy atom. The van der Waals surface area contributed by atoms with Gasteiger partial charge >= 0.3 is 11.9 Å². The fourth-order valence-electron chi connectivity index (χ4n) is 1.53. The molecule has 0 spiro atoms. The molecular weight excluding hydrogens is 232 g/mol.